The molecule has 146 valence electrons. The predicted molar refractivity (Wildman–Crippen MR) is 112 cm³/mol. The molecule has 0 unspecified atom stereocenters. The summed E-state index contributed by atoms with van der Waals surface area (Å²) in [6.07, 6.45) is 3.26. The maximum Gasteiger partial charge on any atom is 0.341 e. The van der Waals surface area contributed by atoms with Gasteiger partial charge in [-0.15, -0.1) is 0 Å². The van der Waals surface area contributed by atoms with Gasteiger partial charge >= 0.3 is 5.97 Å². The molecule has 4 rings (SSSR count). The molecule has 0 bridgehead atoms. The lowest BCUT2D eigenvalue weighted by molar-refractivity contribution is 0.0697. The number of hydrogen-bond donors (Lipinski definition) is 2. The Morgan fingerprint density at radius 3 is 2.48 bits per heavy atom. The van der Waals surface area contributed by atoms with Crippen LogP contribution in [0.1, 0.15) is 27.2 Å². The number of para-hydroxylation sites is 1. The zero-order valence-electron chi connectivity index (χ0n) is 16.1. The summed E-state index contributed by atoms with van der Waals surface area (Å²) in [7, 11) is 0. The number of rotatable bonds is 7. The lowest BCUT2D eigenvalue weighted by atomic mass is 10.1. The highest BCUT2D eigenvalue weighted by Crippen LogP contribution is 2.22. The van der Waals surface area contributed by atoms with E-state index in [0.29, 0.717) is 12.4 Å². The third kappa shape index (κ3) is 3.97. The topological polar surface area (TPSA) is 72.1 Å². The fourth-order valence-corrected chi connectivity index (χ4v) is 3.29. The summed E-state index contributed by atoms with van der Waals surface area (Å²) in [6, 6.07) is 21.8. The molecule has 2 aromatic heterocycles. The van der Waals surface area contributed by atoms with Crippen LogP contribution in [0.4, 0.5) is 0 Å². The van der Waals surface area contributed by atoms with E-state index in [4.69, 9.17) is 0 Å². The second-order valence-corrected chi connectivity index (χ2v) is 6.89. The minimum absolute atomic E-state index is 0.157. The summed E-state index contributed by atoms with van der Waals surface area (Å²) in [5.41, 5.74) is 4.36. The van der Waals surface area contributed by atoms with Crippen LogP contribution in [-0.4, -0.2) is 25.4 Å². The van der Waals surface area contributed by atoms with E-state index in [1.807, 2.05) is 53.2 Å². The first kappa shape index (κ1) is 18.7. The SMILES string of the molecule is Cc1ccc(CNCc2cccn2-c2c(C(=O)O)cnn2-c2ccccc2)cc1. The summed E-state index contributed by atoms with van der Waals surface area (Å²) in [5, 5.41) is 17.5. The van der Waals surface area contributed by atoms with Gasteiger partial charge in [0.1, 0.15) is 5.56 Å². The van der Waals surface area contributed by atoms with Crippen molar-refractivity contribution in [1.29, 1.82) is 0 Å². The molecule has 2 heterocycles. The molecule has 0 fully saturated rings. The van der Waals surface area contributed by atoms with E-state index in [2.05, 4.69) is 41.6 Å². The van der Waals surface area contributed by atoms with Gasteiger partial charge in [0.05, 0.1) is 11.9 Å². The maximum absolute atomic E-state index is 11.8. The zero-order valence-corrected chi connectivity index (χ0v) is 16.1. The Morgan fingerprint density at radius 2 is 1.76 bits per heavy atom. The molecule has 2 aromatic carbocycles. The molecule has 0 aliphatic heterocycles. The van der Waals surface area contributed by atoms with E-state index < -0.39 is 5.97 Å². The van der Waals surface area contributed by atoms with Crippen LogP contribution >= 0.6 is 0 Å². The van der Waals surface area contributed by atoms with E-state index >= 15 is 0 Å². The maximum atomic E-state index is 11.8. The first-order valence-corrected chi connectivity index (χ1v) is 9.43. The van der Waals surface area contributed by atoms with Gasteiger partial charge in [0, 0.05) is 25.0 Å². The molecule has 0 spiro atoms. The Kier molecular flexibility index (Phi) is 5.27. The normalized spacial score (nSPS) is 10.9. The van der Waals surface area contributed by atoms with Gasteiger partial charge in [-0.1, -0.05) is 48.0 Å². The van der Waals surface area contributed by atoms with Gasteiger partial charge in [-0.2, -0.15) is 5.10 Å². The molecule has 2 N–H and O–H groups in total. The molecule has 29 heavy (non-hydrogen) atoms. The van der Waals surface area contributed by atoms with Crippen LogP contribution in [0.25, 0.3) is 11.5 Å². The summed E-state index contributed by atoms with van der Waals surface area (Å²) < 4.78 is 3.54. The quantitative estimate of drug-likeness (QED) is 0.504. The van der Waals surface area contributed by atoms with Crippen molar-refractivity contribution in [2.45, 2.75) is 20.0 Å². The second kappa shape index (κ2) is 8.16. The largest absolute Gasteiger partial charge is 0.477 e. The fraction of sp³-hybridized carbons (Fsp3) is 0.130. The van der Waals surface area contributed by atoms with Crippen molar-refractivity contribution in [3.05, 3.63) is 102 Å². The van der Waals surface area contributed by atoms with E-state index in [0.717, 1.165) is 17.9 Å². The first-order valence-electron chi connectivity index (χ1n) is 9.43. The fourth-order valence-electron chi connectivity index (χ4n) is 3.29. The smallest absolute Gasteiger partial charge is 0.341 e. The van der Waals surface area contributed by atoms with Crippen molar-refractivity contribution in [3.8, 4) is 11.5 Å². The molecule has 6 nitrogen and oxygen atoms in total. The molecular formula is C23H22N4O2. The number of aromatic carboxylic acids is 1. The minimum atomic E-state index is -1.01. The van der Waals surface area contributed by atoms with Crippen molar-refractivity contribution in [1.82, 2.24) is 19.7 Å². The predicted octanol–water partition coefficient (Wildman–Crippen LogP) is 3.96. The van der Waals surface area contributed by atoms with E-state index in [9.17, 15) is 9.90 Å². The van der Waals surface area contributed by atoms with E-state index in [1.54, 1.807) is 4.68 Å². The highest BCUT2D eigenvalue weighted by atomic mass is 16.4. The first-order chi connectivity index (χ1) is 14.1. The number of aryl methyl sites for hydroxylation is 1. The number of carbonyl (C=O) groups is 1. The average Bonchev–Trinajstić information content (AvgIpc) is 3.36. The summed E-state index contributed by atoms with van der Waals surface area (Å²) >= 11 is 0. The number of nitrogens with one attached hydrogen (secondary N) is 1. The number of benzene rings is 2. The molecule has 0 atom stereocenters. The van der Waals surface area contributed by atoms with Gasteiger partial charge < -0.3 is 15.0 Å². The van der Waals surface area contributed by atoms with Crippen LogP contribution in [0.2, 0.25) is 0 Å². The van der Waals surface area contributed by atoms with Crippen molar-refractivity contribution in [3.63, 3.8) is 0 Å². The Labute approximate surface area is 169 Å². The second-order valence-electron chi connectivity index (χ2n) is 6.89. The van der Waals surface area contributed by atoms with E-state index in [1.165, 1.54) is 17.3 Å². The number of aromatic nitrogens is 3. The van der Waals surface area contributed by atoms with Crippen molar-refractivity contribution < 1.29 is 9.90 Å². The Balaban J connectivity index is 1.62. The van der Waals surface area contributed by atoms with Crippen LogP contribution in [0.5, 0.6) is 0 Å². The van der Waals surface area contributed by atoms with Crippen molar-refractivity contribution >= 4 is 5.97 Å². The third-order valence-corrected chi connectivity index (χ3v) is 4.79. The van der Waals surface area contributed by atoms with Crippen molar-refractivity contribution in [2.75, 3.05) is 0 Å². The zero-order chi connectivity index (χ0) is 20.2. The molecule has 0 aliphatic carbocycles. The number of carboxylic acids is 1. The van der Waals surface area contributed by atoms with Gasteiger partial charge in [0.15, 0.2) is 5.82 Å². The summed E-state index contributed by atoms with van der Waals surface area (Å²) in [5.74, 6) is -0.490. The Hall–Kier alpha value is -3.64. The lowest BCUT2D eigenvalue weighted by Crippen LogP contribution is -2.17. The summed E-state index contributed by atoms with van der Waals surface area (Å²) in [6.45, 7) is 3.40. The van der Waals surface area contributed by atoms with Gasteiger partial charge in [-0.05, 0) is 36.8 Å². The Bertz CT molecular complexity index is 1110. The van der Waals surface area contributed by atoms with Crippen LogP contribution in [0.15, 0.2) is 79.1 Å². The lowest BCUT2D eigenvalue weighted by Gasteiger charge is -2.14. The van der Waals surface area contributed by atoms with Gasteiger partial charge in [0.25, 0.3) is 0 Å². The van der Waals surface area contributed by atoms with Gasteiger partial charge in [-0.25, -0.2) is 9.48 Å². The number of carboxylic acid groups (broad SMARTS) is 1. The minimum Gasteiger partial charge on any atom is -0.477 e. The Morgan fingerprint density at radius 1 is 1.00 bits per heavy atom. The highest BCUT2D eigenvalue weighted by Gasteiger charge is 2.20. The van der Waals surface area contributed by atoms with Gasteiger partial charge in [0.2, 0.25) is 0 Å². The molecule has 0 amide bonds. The molecule has 4 aromatic rings. The summed E-state index contributed by atoms with van der Waals surface area (Å²) in [4.78, 5) is 11.8. The van der Waals surface area contributed by atoms with Crippen LogP contribution in [-0.2, 0) is 13.1 Å². The molecule has 0 saturated carbocycles. The highest BCUT2D eigenvalue weighted by molar-refractivity contribution is 5.91. The molecular weight excluding hydrogens is 364 g/mol. The van der Waals surface area contributed by atoms with Crippen LogP contribution < -0.4 is 5.32 Å². The molecule has 6 heteroatoms. The average molecular weight is 386 g/mol. The number of hydrogen-bond acceptors (Lipinski definition) is 3. The van der Waals surface area contributed by atoms with Crippen LogP contribution in [0, 0.1) is 6.92 Å². The molecule has 0 radical (unpaired) electrons. The third-order valence-electron chi connectivity index (χ3n) is 4.79. The number of nitrogens with zero attached hydrogens (tertiary/aromatic N) is 3. The standard InChI is InChI=1S/C23H22N4O2/c1-17-9-11-18(12-10-17)14-24-15-20-8-5-13-26(20)22-21(23(28)29)16-25-27(22)19-6-3-2-4-7-19/h2-13,16,24H,14-15H2,1H3,(H,28,29). The molecule has 0 aliphatic rings. The van der Waals surface area contributed by atoms with Crippen LogP contribution in [0.3, 0.4) is 0 Å². The van der Waals surface area contributed by atoms with Gasteiger partial charge in [-0.3, -0.25) is 0 Å². The monoisotopic (exact) mass is 386 g/mol. The molecule has 0 saturated heterocycles. The van der Waals surface area contributed by atoms with Crippen molar-refractivity contribution in [2.24, 2.45) is 0 Å². The van der Waals surface area contributed by atoms with E-state index in [-0.39, 0.29) is 5.56 Å².